The maximum atomic E-state index is 12.8. The Morgan fingerprint density at radius 2 is 1.81 bits per heavy atom. The van der Waals surface area contributed by atoms with Crippen molar-refractivity contribution in [2.45, 2.75) is 71.1 Å². The molecule has 1 aliphatic rings. The second-order valence-electron chi connectivity index (χ2n) is 7.35. The van der Waals surface area contributed by atoms with Crippen LogP contribution in [-0.2, 0) is 4.79 Å². The van der Waals surface area contributed by atoms with Gasteiger partial charge in [-0.25, -0.2) is 0 Å². The second-order valence-corrected chi connectivity index (χ2v) is 8.29. The highest BCUT2D eigenvalue weighted by atomic mass is 32.2. The van der Waals surface area contributed by atoms with Gasteiger partial charge in [0, 0.05) is 17.8 Å². The van der Waals surface area contributed by atoms with Gasteiger partial charge >= 0.3 is 0 Å². The van der Waals surface area contributed by atoms with Gasteiger partial charge in [0.15, 0.2) is 5.16 Å². The van der Waals surface area contributed by atoms with Crippen molar-refractivity contribution in [1.29, 1.82) is 0 Å². The number of thioether (sulfide) groups is 1. The monoisotopic (exact) mass is 372 g/mol. The average molecular weight is 373 g/mol. The van der Waals surface area contributed by atoms with Gasteiger partial charge in [-0.15, -0.1) is 10.2 Å². The molecular weight excluding hydrogens is 344 g/mol. The smallest absolute Gasteiger partial charge is 0.233 e. The number of aromatic nitrogens is 3. The van der Waals surface area contributed by atoms with Gasteiger partial charge in [0.1, 0.15) is 5.82 Å². The van der Waals surface area contributed by atoms with Crippen molar-refractivity contribution in [1.82, 2.24) is 19.7 Å². The molecule has 0 aliphatic carbocycles. The van der Waals surface area contributed by atoms with Gasteiger partial charge < -0.3 is 4.90 Å². The molecule has 1 aliphatic heterocycles. The third-order valence-corrected chi connectivity index (χ3v) is 6.26. The molecule has 140 valence electrons. The molecule has 2 atom stereocenters. The zero-order chi connectivity index (χ0) is 18.8. The van der Waals surface area contributed by atoms with E-state index in [1.54, 1.807) is 0 Å². The van der Waals surface area contributed by atoms with E-state index < -0.39 is 0 Å². The normalized spacial score (nSPS) is 20.4. The number of aryl methyl sites for hydroxylation is 3. The first kappa shape index (κ1) is 19.0. The lowest BCUT2D eigenvalue weighted by atomic mass is 9.98. The molecule has 2 aromatic rings. The number of carbonyl (C=O) groups is 1. The van der Waals surface area contributed by atoms with Crippen molar-refractivity contribution in [2.75, 3.05) is 5.75 Å². The van der Waals surface area contributed by atoms with E-state index in [2.05, 4.69) is 61.0 Å². The molecule has 0 radical (unpaired) electrons. The minimum absolute atomic E-state index is 0.196. The SMILES string of the molecule is Cc1ccc(-n2c(C)nnc2SCC(=O)N2C(C)CCCC2C)cc1C. The first-order chi connectivity index (χ1) is 12.4. The molecule has 2 unspecified atom stereocenters. The molecular formula is C20H28N4OS. The van der Waals surface area contributed by atoms with Crippen LogP contribution < -0.4 is 0 Å². The van der Waals surface area contributed by atoms with Crippen LogP contribution in [0.25, 0.3) is 5.69 Å². The minimum Gasteiger partial charge on any atom is -0.337 e. The highest BCUT2D eigenvalue weighted by Gasteiger charge is 2.29. The summed E-state index contributed by atoms with van der Waals surface area (Å²) in [7, 11) is 0. The Morgan fingerprint density at radius 3 is 2.46 bits per heavy atom. The Hall–Kier alpha value is -1.82. The summed E-state index contributed by atoms with van der Waals surface area (Å²) in [6, 6.07) is 6.99. The Balaban J connectivity index is 1.77. The molecule has 1 aromatic carbocycles. The van der Waals surface area contributed by atoms with E-state index in [0.717, 1.165) is 29.5 Å². The van der Waals surface area contributed by atoms with E-state index in [4.69, 9.17) is 0 Å². The predicted octanol–water partition coefficient (Wildman–Crippen LogP) is 4.07. The highest BCUT2D eigenvalue weighted by Crippen LogP contribution is 2.27. The predicted molar refractivity (Wildman–Crippen MR) is 106 cm³/mol. The standard InChI is InChI=1S/C20H28N4OS/c1-13-9-10-18(11-14(13)2)24-17(5)21-22-20(24)26-12-19(25)23-15(3)7-6-8-16(23)4/h9-11,15-16H,6-8,12H2,1-5H3. The zero-order valence-corrected chi connectivity index (χ0v) is 17.1. The van der Waals surface area contributed by atoms with E-state index in [0.29, 0.717) is 17.8 Å². The fraction of sp³-hybridized carbons (Fsp3) is 0.550. The van der Waals surface area contributed by atoms with E-state index in [9.17, 15) is 4.79 Å². The number of hydrogen-bond acceptors (Lipinski definition) is 4. The molecule has 26 heavy (non-hydrogen) atoms. The summed E-state index contributed by atoms with van der Waals surface area (Å²) >= 11 is 1.48. The van der Waals surface area contributed by atoms with E-state index in [1.807, 2.05) is 11.5 Å². The fourth-order valence-electron chi connectivity index (χ4n) is 3.71. The molecule has 1 aromatic heterocycles. The molecule has 0 spiro atoms. The van der Waals surface area contributed by atoms with Crippen LogP contribution >= 0.6 is 11.8 Å². The van der Waals surface area contributed by atoms with Gasteiger partial charge in [-0.2, -0.15) is 0 Å². The third kappa shape index (κ3) is 3.80. The Bertz CT molecular complexity index is 791. The number of likely N-dealkylation sites (tertiary alicyclic amines) is 1. The number of rotatable bonds is 4. The number of hydrogen-bond donors (Lipinski definition) is 0. The summed E-state index contributed by atoms with van der Waals surface area (Å²) < 4.78 is 2.04. The highest BCUT2D eigenvalue weighted by molar-refractivity contribution is 7.99. The van der Waals surface area contributed by atoms with Crippen LogP contribution in [0.1, 0.15) is 50.1 Å². The molecule has 1 fully saturated rings. The molecule has 5 nitrogen and oxygen atoms in total. The summed E-state index contributed by atoms with van der Waals surface area (Å²) in [4.78, 5) is 14.8. The van der Waals surface area contributed by atoms with Gasteiger partial charge in [0.2, 0.25) is 5.91 Å². The van der Waals surface area contributed by atoms with Gasteiger partial charge in [-0.1, -0.05) is 17.8 Å². The van der Waals surface area contributed by atoms with Gasteiger partial charge in [-0.05, 0) is 77.1 Å². The zero-order valence-electron chi connectivity index (χ0n) is 16.3. The molecule has 0 bridgehead atoms. The Morgan fingerprint density at radius 1 is 1.12 bits per heavy atom. The third-order valence-electron chi connectivity index (χ3n) is 5.35. The topological polar surface area (TPSA) is 51.0 Å². The number of amides is 1. The number of piperidine rings is 1. The van der Waals surface area contributed by atoms with Crippen LogP contribution in [0.5, 0.6) is 0 Å². The quantitative estimate of drug-likeness (QED) is 0.759. The summed E-state index contributed by atoms with van der Waals surface area (Å²) in [5, 5.41) is 9.31. The second kappa shape index (κ2) is 7.82. The van der Waals surface area contributed by atoms with Gasteiger partial charge in [0.25, 0.3) is 0 Å². The lowest BCUT2D eigenvalue weighted by molar-refractivity contribution is -0.134. The average Bonchev–Trinajstić information content (AvgIpc) is 2.96. The molecule has 6 heteroatoms. The molecule has 0 saturated carbocycles. The van der Waals surface area contributed by atoms with Crippen LogP contribution in [0.15, 0.2) is 23.4 Å². The molecule has 1 saturated heterocycles. The van der Waals surface area contributed by atoms with Crippen LogP contribution in [-0.4, -0.2) is 43.4 Å². The molecule has 1 amide bonds. The molecule has 0 N–H and O–H groups in total. The molecule has 2 heterocycles. The van der Waals surface area contributed by atoms with Crippen molar-refractivity contribution in [2.24, 2.45) is 0 Å². The largest absolute Gasteiger partial charge is 0.337 e. The lowest BCUT2D eigenvalue weighted by Crippen LogP contribution is -2.48. The van der Waals surface area contributed by atoms with Crippen molar-refractivity contribution in [3.63, 3.8) is 0 Å². The summed E-state index contributed by atoms with van der Waals surface area (Å²) in [6.07, 6.45) is 3.40. The van der Waals surface area contributed by atoms with E-state index >= 15 is 0 Å². The maximum absolute atomic E-state index is 12.8. The van der Waals surface area contributed by atoms with Crippen molar-refractivity contribution in [3.8, 4) is 5.69 Å². The van der Waals surface area contributed by atoms with Crippen LogP contribution in [0, 0.1) is 20.8 Å². The van der Waals surface area contributed by atoms with E-state index in [-0.39, 0.29) is 5.91 Å². The fourth-order valence-corrected chi connectivity index (χ4v) is 4.58. The number of nitrogens with zero attached hydrogens (tertiary/aromatic N) is 4. The van der Waals surface area contributed by atoms with E-state index in [1.165, 1.54) is 29.3 Å². The van der Waals surface area contributed by atoms with Crippen molar-refractivity contribution in [3.05, 3.63) is 35.2 Å². The Kier molecular flexibility index (Phi) is 5.70. The summed E-state index contributed by atoms with van der Waals surface area (Å²) in [5.41, 5.74) is 3.54. The van der Waals surface area contributed by atoms with Crippen LogP contribution in [0.3, 0.4) is 0 Å². The van der Waals surface area contributed by atoms with Gasteiger partial charge in [0.05, 0.1) is 5.75 Å². The van der Waals surface area contributed by atoms with Crippen molar-refractivity contribution >= 4 is 17.7 Å². The number of benzene rings is 1. The maximum Gasteiger partial charge on any atom is 0.233 e. The molecule has 3 rings (SSSR count). The first-order valence-electron chi connectivity index (χ1n) is 9.32. The van der Waals surface area contributed by atoms with Gasteiger partial charge in [-0.3, -0.25) is 9.36 Å². The Labute approximate surface area is 160 Å². The van der Waals surface area contributed by atoms with Crippen LogP contribution in [0.4, 0.5) is 0 Å². The minimum atomic E-state index is 0.196. The first-order valence-corrected chi connectivity index (χ1v) is 10.3. The van der Waals surface area contributed by atoms with Crippen LogP contribution in [0.2, 0.25) is 0 Å². The lowest BCUT2D eigenvalue weighted by Gasteiger charge is -2.39. The summed E-state index contributed by atoms with van der Waals surface area (Å²) in [5.74, 6) is 1.43. The van der Waals surface area contributed by atoms with Crippen molar-refractivity contribution < 1.29 is 4.79 Å². The number of carbonyl (C=O) groups excluding carboxylic acids is 1. The summed E-state index contributed by atoms with van der Waals surface area (Å²) in [6.45, 7) is 10.5.